The van der Waals surface area contributed by atoms with Gasteiger partial charge in [-0.05, 0) is 67.4 Å². The van der Waals surface area contributed by atoms with Gasteiger partial charge in [0.1, 0.15) is 24.7 Å². The predicted molar refractivity (Wildman–Crippen MR) is 130 cm³/mol. The molecule has 4 heteroatoms. The molecule has 1 fully saturated rings. The minimum atomic E-state index is 0.0192. The lowest BCUT2D eigenvalue weighted by Crippen LogP contribution is -2.29. The zero-order valence-corrected chi connectivity index (χ0v) is 19.0. The van der Waals surface area contributed by atoms with E-state index >= 15 is 0 Å². The Labute approximate surface area is 191 Å². The summed E-state index contributed by atoms with van der Waals surface area (Å²) in [5.41, 5.74) is 2.30. The van der Waals surface area contributed by atoms with E-state index in [9.17, 15) is 4.79 Å². The van der Waals surface area contributed by atoms with E-state index in [-0.39, 0.29) is 12.4 Å². The molecule has 0 unspecified atom stereocenters. The third-order valence-corrected chi connectivity index (χ3v) is 6.11. The summed E-state index contributed by atoms with van der Waals surface area (Å²) in [6, 6.07) is 20.7. The maximum Gasteiger partial charge on any atom is 0.167 e. The molecule has 0 aromatic heterocycles. The van der Waals surface area contributed by atoms with Gasteiger partial charge in [-0.1, -0.05) is 55.3 Å². The minimum absolute atomic E-state index is 0.0192. The van der Waals surface area contributed by atoms with Gasteiger partial charge >= 0.3 is 0 Å². The van der Waals surface area contributed by atoms with Gasteiger partial charge in [-0.15, -0.1) is 0 Å². The molecule has 168 valence electrons. The van der Waals surface area contributed by atoms with Crippen LogP contribution in [0.1, 0.15) is 43.7 Å². The van der Waals surface area contributed by atoms with Gasteiger partial charge in [-0.25, -0.2) is 0 Å². The molecule has 0 aliphatic carbocycles. The molecule has 4 nitrogen and oxygen atoms in total. The zero-order valence-electron chi connectivity index (χ0n) is 19.0. The molecule has 32 heavy (non-hydrogen) atoms. The van der Waals surface area contributed by atoms with Crippen molar-refractivity contribution in [2.45, 2.75) is 39.0 Å². The number of carbonyl (C=O) groups is 1. The lowest BCUT2D eigenvalue weighted by molar-refractivity contribution is -0.118. The first kappa shape index (κ1) is 22.3. The number of carbonyl (C=O) groups excluding carboxylic acids is 1. The first-order chi connectivity index (χ1) is 15.7. The van der Waals surface area contributed by atoms with Crippen LogP contribution in [-0.4, -0.2) is 43.5 Å². The van der Waals surface area contributed by atoms with Gasteiger partial charge in [0.15, 0.2) is 5.78 Å². The van der Waals surface area contributed by atoms with Crippen LogP contribution in [0.15, 0.2) is 60.7 Å². The Kier molecular flexibility index (Phi) is 7.78. The second-order valence-corrected chi connectivity index (χ2v) is 8.68. The second-order valence-electron chi connectivity index (χ2n) is 8.68. The van der Waals surface area contributed by atoms with Crippen molar-refractivity contribution >= 4 is 16.6 Å². The Morgan fingerprint density at radius 3 is 2.38 bits per heavy atom. The highest BCUT2D eigenvalue weighted by atomic mass is 16.5. The molecule has 3 aromatic carbocycles. The summed E-state index contributed by atoms with van der Waals surface area (Å²) in [6.45, 7) is 5.75. The van der Waals surface area contributed by atoms with E-state index in [1.54, 1.807) is 6.92 Å². The molecule has 1 heterocycles. The third-order valence-electron chi connectivity index (χ3n) is 6.11. The Morgan fingerprint density at radius 2 is 1.62 bits per heavy atom. The fourth-order valence-electron chi connectivity index (χ4n) is 4.37. The van der Waals surface area contributed by atoms with Crippen molar-refractivity contribution in [2.75, 3.05) is 32.8 Å². The topological polar surface area (TPSA) is 38.8 Å². The minimum Gasteiger partial charge on any atom is -0.492 e. The van der Waals surface area contributed by atoms with E-state index in [4.69, 9.17) is 9.47 Å². The van der Waals surface area contributed by atoms with Gasteiger partial charge < -0.3 is 9.47 Å². The van der Waals surface area contributed by atoms with Crippen molar-refractivity contribution in [2.24, 2.45) is 0 Å². The summed E-state index contributed by atoms with van der Waals surface area (Å²) < 4.78 is 11.9. The van der Waals surface area contributed by atoms with E-state index in [0.717, 1.165) is 42.0 Å². The smallest absolute Gasteiger partial charge is 0.167 e. The largest absolute Gasteiger partial charge is 0.492 e. The maximum absolute atomic E-state index is 11.5. The van der Waals surface area contributed by atoms with E-state index in [1.165, 1.54) is 49.7 Å². The van der Waals surface area contributed by atoms with Crippen LogP contribution >= 0.6 is 0 Å². The number of ketones is 1. The molecule has 4 rings (SSSR count). The Morgan fingerprint density at radius 1 is 0.875 bits per heavy atom. The summed E-state index contributed by atoms with van der Waals surface area (Å²) in [7, 11) is 0. The van der Waals surface area contributed by atoms with E-state index in [1.807, 2.05) is 18.2 Å². The van der Waals surface area contributed by atoms with Crippen LogP contribution in [0.4, 0.5) is 0 Å². The number of hydrogen-bond acceptors (Lipinski definition) is 4. The maximum atomic E-state index is 11.5. The van der Waals surface area contributed by atoms with Crippen LogP contribution in [0.5, 0.6) is 11.5 Å². The van der Waals surface area contributed by atoms with Crippen molar-refractivity contribution in [1.82, 2.24) is 4.90 Å². The number of nitrogens with zero attached hydrogens (tertiary/aromatic N) is 1. The molecular weight excluding hydrogens is 398 g/mol. The van der Waals surface area contributed by atoms with Crippen molar-refractivity contribution in [3.63, 3.8) is 0 Å². The molecule has 0 saturated carbocycles. The highest BCUT2D eigenvalue weighted by Crippen LogP contribution is 2.31. The van der Waals surface area contributed by atoms with Crippen LogP contribution in [0.25, 0.3) is 10.8 Å². The fourth-order valence-corrected chi connectivity index (χ4v) is 4.37. The third kappa shape index (κ3) is 6.10. The number of Topliss-reactive ketones (excluding diaryl/α,β-unsaturated/α-hetero) is 1. The number of rotatable bonds is 9. The number of likely N-dealkylation sites (tertiary alicyclic amines) is 1. The molecule has 0 spiro atoms. The van der Waals surface area contributed by atoms with Crippen LogP contribution in [-0.2, 0) is 11.2 Å². The molecule has 1 aliphatic heterocycles. The van der Waals surface area contributed by atoms with Gasteiger partial charge in [0.2, 0.25) is 0 Å². The highest BCUT2D eigenvalue weighted by Gasteiger charge is 2.12. The first-order valence-electron chi connectivity index (χ1n) is 11.8. The average Bonchev–Trinajstić information content (AvgIpc) is 3.08. The van der Waals surface area contributed by atoms with Crippen molar-refractivity contribution in [3.8, 4) is 11.5 Å². The van der Waals surface area contributed by atoms with Crippen molar-refractivity contribution in [3.05, 3.63) is 71.8 Å². The van der Waals surface area contributed by atoms with Gasteiger partial charge in [0.25, 0.3) is 0 Å². The molecule has 3 aromatic rings. The van der Waals surface area contributed by atoms with Crippen LogP contribution in [0.2, 0.25) is 0 Å². The Balaban J connectivity index is 1.42. The summed E-state index contributed by atoms with van der Waals surface area (Å²) in [6.07, 6.45) is 6.07. The van der Waals surface area contributed by atoms with E-state index < -0.39 is 0 Å². The van der Waals surface area contributed by atoms with Gasteiger partial charge in [0, 0.05) is 18.5 Å². The number of benzene rings is 3. The van der Waals surface area contributed by atoms with Crippen LogP contribution < -0.4 is 9.47 Å². The fraction of sp³-hybridized carbons (Fsp3) is 0.393. The lowest BCUT2D eigenvalue weighted by atomic mass is 9.97. The molecular formula is C28H33NO3. The highest BCUT2D eigenvalue weighted by molar-refractivity contribution is 5.88. The number of fused-ring (bicyclic) bond motifs is 1. The normalized spacial score (nSPS) is 14.8. The molecule has 0 bridgehead atoms. The number of ether oxygens (including phenoxy) is 2. The monoisotopic (exact) mass is 431 g/mol. The van der Waals surface area contributed by atoms with Crippen LogP contribution in [0, 0.1) is 0 Å². The van der Waals surface area contributed by atoms with Crippen molar-refractivity contribution in [1.29, 1.82) is 0 Å². The summed E-state index contributed by atoms with van der Waals surface area (Å²) in [5, 5.41) is 2.33. The predicted octanol–water partition coefficient (Wildman–Crippen LogP) is 5.65. The summed E-state index contributed by atoms with van der Waals surface area (Å²) in [5.74, 6) is 1.71. The van der Waals surface area contributed by atoms with Crippen molar-refractivity contribution < 1.29 is 14.3 Å². The van der Waals surface area contributed by atoms with E-state index in [0.29, 0.717) is 0 Å². The lowest BCUT2D eigenvalue weighted by Gasteiger charge is -2.19. The van der Waals surface area contributed by atoms with E-state index in [2.05, 4.69) is 47.4 Å². The Hall–Kier alpha value is -2.85. The molecule has 1 saturated heterocycles. The first-order valence-corrected chi connectivity index (χ1v) is 11.8. The van der Waals surface area contributed by atoms with Crippen LogP contribution in [0.3, 0.4) is 0 Å². The standard InChI is InChI=1S/C28H33NO3/c1-22(30)21-32-28-15-12-24-8-4-5-9-26(24)27(28)20-23-10-13-25(14-11-23)31-19-18-29-16-6-2-3-7-17-29/h4-5,8-15H,2-3,6-7,16-21H2,1H3. The van der Waals surface area contributed by atoms with Gasteiger partial charge in [-0.2, -0.15) is 0 Å². The molecule has 0 radical (unpaired) electrons. The molecule has 0 atom stereocenters. The molecule has 0 amide bonds. The SMILES string of the molecule is CC(=O)COc1ccc2ccccc2c1Cc1ccc(OCCN2CCCCCC2)cc1. The average molecular weight is 432 g/mol. The van der Waals surface area contributed by atoms with Gasteiger partial charge in [-0.3, -0.25) is 9.69 Å². The Bertz CT molecular complexity index is 1020. The molecule has 1 aliphatic rings. The summed E-state index contributed by atoms with van der Waals surface area (Å²) in [4.78, 5) is 14.0. The second kappa shape index (κ2) is 11.1. The number of hydrogen-bond donors (Lipinski definition) is 0. The van der Waals surface area contributed by atoms with Gasteiger partial charge in [0.05, 0.1) is 0 Å². The quantitative estimate of drug-likeness (QED) is 0.439. The molecule has 0 N–H and O–H groups in total. The summed E-state index contributed by atoms with van der Waals surface area (Å²) >= 11 is 0. The zero-order chi connectivity index (χ0) is 22.2.